The van der Waals surface area contributed by atoms with E-state index in [1.165, 1.54) is 0 Å². The summed E-state index contributed by atoms with van der Waals surface area (Å²) in [6, 6.07) is 5.75. The van der Waals surface area contributed by atoms with Gasteiger partial charge in [-0.1, -0.05) is 19.1 Å². The van der Waals surface area contributed by atoms with Gasteiger partial charge in [0, 0.05) is 18.5 Å². The average Bonchev–Trinajstić information content (AvgIpc) is 2.37. The van der Waals surface area contributed by atoms with E-state index in [1.54, 1.807) is 7.11 Å². The van der Waals surface area contributed by atoms with Crippen molar-refractivity contribution in [2.45, 2.75) is 19.9 Å². The van der Waals surface area contributed by atoms with Gasteiger partial charge in [0.25, 0.3) is 0 Å². The van der Waals surface area contributed by atoms with E-state index >= 15 is 0 Å². The first-order valence-electron chi connectivity index (χ1n) is 5.88. The van der Waals surface area contributed by atoms with Gasteiger partial charge in [0.1, 0.15) is 0 Å². The number of nitrogens with one attached hydrogen (secondary N) is 1. The predicted molar refractivity (Wildman–Crippen MR) is 66.5 cm³/mol. The number of benzene rings is 1. The Morgan fingerprint density at radius 3 is 2.82 bits per heavy atom. The molecule has 0 aliphatic heterocycles. The monoisotopic (exact) mass is 241 g/mol. The number of para-hydroxylation sites is 1. The summed E-state index contributed by atoms with van der Waals surface area (Å²) < 4.78 is 22.9. The maximum atomic E-state index is 12.1. The molecule has 96 valence electrons. The largest absolute Gasteiger partial charge is 0.493 e. The van der Waals surface area contributed by atoms with Crippen LogP contribution in [0.1, 0.15) is 18.9 Å². The Kier molecular flexibility index (Phi) is 6.40. The third-order valence-corrected chi connectivity index (χ3v) is 2.37. The Balaban J connectivity index is 2.78. The van der Waals surface area contributed by atoms with Crippen LogP contribution in [0.4, 0.5) is 4.39 Å². The van der Waals surface area contributed by atoms with Crippen LogP contribution in [-0.2, 0) is 6.54 Å². The Labute approximate surface area is 102 Å². The normalized spacial score (nSPS) is 10.3. The number of hydrogen-bond acceptors (Lipinski definition) is 3. The molecule has 1 aromatic carbocycles. The number of methoxy groups -OCH3 is 1. The van der Waals surface area contributed by atoms with Crippen LogP contribution in [-0.4, -0.2) is 26.9 Å². The molecule has 1 rings (SSSR count). The zero-order valence-electron chi connectivity index (χ0n) is 10.5. The molecule has 0 unspecified atom stereocenters. The second-order valence-electron chi connectivity index (χ2n) is 3.62. The second-order valence-corrected chi connectivity index (χ2v) is 3.62. The van der Waals surface area contributed by atoms with Crippen LogP contribution in [0.5, 0.6) is 11.5 Å². The molecule has 0 amide bonds. The summed E-state index contributed by atoms with van der Waals surface area (Å²) in [7, 11) is 1.61. The van der Waals surface area contributed by atoms with Gasteiger partial charge in [0.05, 0.1) is 20.4 Å². The first-order chi connectivity index (χ1) is 8.33. The lowest BCUT2D eigenvalue weighted by molar-refractivity contribution is 0.271. The average molecular weight is 241 g/mol. The number of ether oxygens (including phenoxy) is 2. The van der Waals surface area contributed by atoms with Crippen LogP contribution in [0.3, 0.4) is 0 Å². The molecule has 4 heteroatoms. The Hall–Kier alpha value is -1.29. The fraction of sp³-hybridized carbons (Fsp3) is 0.538. The summed E-state index contributed by atoms with van der Waals surface area (Å²) in [6.45, 7) is 3.66. The zero-order valence-corrected chi connectivity index (χ0v) is 10.5. The molecule has 0 heterocycles. The van der Waals surface area contributed by atoms with Gasteiger partial charge in [0.15, 0.2) is 11.5 Å². The quantitative estimate of drug-likeness (QED) is 0.709. The first-order valence-corrected chi connectivity index (χ1v) is 5.88. The summed E-state index contributed by atoms with van der Waals surface area (Å²) in [4.78, 5) is 0. The van der Waals surface area contributed by atoms with E-state index in [-0.39, 0.29) is 6.67 Å². The van der Waals surface area contributed by atoms with Crippen molar-refractivity contribution >= 4 is 0 Å². The van der Waals surface area contributed by atoms with Crippen LogP contribution in [0.2, 0.25) is 0 Å². The molecule has 17 heavy (non-hydrogen) atoms. The Morgan fingerprint density at radius 2 is 2.18 bits per heavy atom. The minimum atomic E-state index is -0.363. The van der Waals surface area contributed by atoms with E-state index in [4.69, 9.17) is 9.47 Å². The van der Waals surface area contributed by atoms with Gasteiger partial charge >= 0.3 is 0 Å². The van der Waals surface area contributed by atoms with Crippen molar-refractivity contribution in [3.05, 3.63) is 23.8 Å². The van der Waals surface area contributed by atoms with Crippen molar-refractivity contribution in [2.24, 2.45) is 0 Å². The maximum Gasteiger partial charge on any atom is 0.165 e. The molecule has 0 saturated heterocycles. The third-order valence-electron chi connectivity index (χ3n) is 2.37. The fourth-order valence-electron chi connectivity index (χ4n) is 1.51. The van der Waals surface area contributed by atoms with Gasteiger partial charge in [0.2, 0.25) is 0 Å². The minimum Gasteiger partial charge on any atom is -0.493 e. The van der Waals surface area contributed by atoms with Gasteiger partial charge in [-0.15, -0.1) is 0 Å². The summed E-state index contributed by atoms with van der Waals surface area (Å²) in [6.07, 6.45) is 0.401. The molecule has 3 nitrogen and oxygen atoms in total. The molecule has 1 N–H and O–H groups in total. The molecule has 0 atom stereocenters. The lowest BCUT2D eigenvalue weighted by atomic mass is 10.2. The summed E-state index contributed by atoms with van der Waals surface area (Å²) in [5.41, 5.74) is 1.03. The van der Waals surface area contributed by atoms with Crippen molar-refractivity contribution in [3.8, 4) is 11.5 Å². The van der Waals surface area contributed by atoms with Crippen LogP contribution in [0.15, 0.2) is 18.2 Å². The van der Waals surface area contributed by atoms with E-state index in [0.717, 1.165) is 18.7 Å². The second kappa shape index (κ2) is 7.90. The molecule has 1 aromatic rings. The van der Waals surface area contributed by atoms with Crippen LogP contribution < -0.4 is 14.8 Å². The highest BCUT2D eigenvalue weighted by Gasteiger charge is 2.09. The lowest BCUT2D eigenvalue weighted by Crippen LogP contribution is -2.13. The standard InChI is InChI=1S/C13H20FNO2/c1-3-15-10-11-6-4-7-12(16-2)13(11)17-9-5-8-14/h4,6-7,15H,3,5,8-10H2,1-2H3. The van der Waals surface area contributed by atoms with Gasteiger partial charge in [-0.25, -0.2) is 0 Å². The molecule has 0 aliphatic rings. The fourth-order valence-corrected chi connectivity index (χ4v) is 1.51. The van der Waals surface area contributed by atoms with Crippen LogP contribution >= 0.6 is 0 Å². The van der Waals surface area contributed by atoms with E-state index < -0.39 is 0 Å². The SMILES string of the molecule is CCNCc1cccc(OC)c1OCCCF. The molecule has 0 saturated carbocycles. The van der Waals surface area contributed by atoms with Crippen molar-refractivity contribution in [3.63, 3.8) is 0 Å². The Morgan fingerprint density at radius 1 is 1.35 bits per heavy atom. The summed E-state index contributed by atoms with van der Waals surface area (Å²) >= 11 is 0. The highest BCUT2D eigenvalue weighted by atomic mass is 19.1. The van der Waals surface area contributed by atoms with E-state index in [1.807, 2.05) is 25.1 Å². The molecule has 0 spiro atoms. The van der Waals surface area contributed by atoms with Gasteiger partial charge in [-0.05, 0) is 12.6 Å². The smallest absolute Gasteiger partial charge is 0.165 e. The molecular formula is C13H20FNO2. The topological polar surface area (TPSA) is 30.5 Å². The van der Waals surface area contributed by atoms with E-state index in [0.29, 0.717) is 24.5 Å². The van der Waals surface area contributed by atoms with Crippen molar-refractivity contribution in [2.75, 3.05) is 26.9 Å². The summed E-state index contributed by atoms with van der Waals surface area (Å²) in [5, 5.41) is 3.24. The molecule has 0 fully saturated rings. The van der Waals surface area contributed by atoms with E-state index in [2.05, 4.69) is 5.32 Å². The molecule has 0 radical (unpaired) electrons. The first kappa shape index (κ1) is 13.8. The molecule has 0 bridgehead atoms. The maximum absolute atomic E-state index is 12.1. The number of rotatable bonds is 8. The van der Waals surface area contributed by atoms with Gasteiger partial charge in [-0.3, -0.25) is 4.39 Å². The predicted octanol–water partition coefficient (Wildman–Crippen LogP) is 2.54. The number of halogens is 1. The van der Waals surface area contributed by atoms with Crippen molar-refractivity contribution in [1.29, 1.82) is 0 Å². The van der Waals surface area contributed by atoms with E-state index in [9.17, 15) is 4.39 Å². The molecule has 0 aromatic heterocycles. The van der Waals surface area contributed by atoms with Gasteiger partial charge < -0.3 is 14.8 Å². The highest BCUT2D eigenvalue weighted by molar-refractivity contribution is 5.46. The molecule has 0 aliphatic carbocycles. The number of hydrogen-bond donors (Lipinski definition) is 1. The number of alkyl halides is 1. The summed E-state index contributed by atoms with van der Waals surface area (Å²) in [5.74, 6) is 1.41. The zero-order chi connectivity index (χ0) is 12.5. The van der Waals surface area contributed by atoms with Crippen LogP contribution in [0.25, 0.3) is 0 Å². The highest BCUT2D eigenvalue weighted by Crippen LogP contribution is 2.31. The molecular weight excluding hydrogens is 221 g/mol. The minimum absolute atomic E-state index is 0.363. The van der Waals surface area contributed by atoms with Crippen molar-refractivity contribution < 1.29 is 13.9 Å². The lowest BCUT2D eigenvalue weighted by Gasteiger charge is -2.14. The van der Waals surface area contributed by atoms with Crippen LogP contribution in [0, 0.1) is 0 Å². The van der Waals surface area contributed by atoms with Crippen molar-refractivity contribution in [1.82, 2.24) is 5.32 Å². The van der Waals surface area contributed by atoms with Gasteiger partial charge in [-0.2, -0.15) is 0 Å². The Bertz CT molecular complexity index is 331. The third kappa shape index (κ3) is 4.23.